The van der Waals surface area contributed by atoms with Crippen LogP contribution in [-0.4, -0.2) is 0 Å². The summed E-state index contributed by atoms with van der Waals surface area (Å²) in [5.74, 6) is -7.75. The van der Waals surface area contributed by atoms with E-state index in [1.54, 1.807) is 26.8 Å². The number of halogens is 10. The molecule has 5 aromatic rings. The summed E-state index contributed by atoms with van der Waals surface area (Å²) in [4.78, 5) is 0. The third kappa shape index (κ3) is 7.30. The minimum atomic E-state index is -4.67. The molecule has 0 saturated heterocycles. The molecule has 0 bridgehead atoms. The standard InChI is InChI=1S/C39H28F10O/c1-5-6-7-20-8-10-25(28(40)13-20)22-15-31(43)35(32(44)16-22)39(48,49)50-24-18-27(38(2,3)4)26(29(41)19-24)11-9-21-12-23-17-33(45)36(46)37(47)34(23)30(42)14-21/h8,10,12-19H,5-7H2,1-4H3. The van der Waals surface area contributed by atoms with E-state index in [-0.39, 0.29) is 33.2 Å². The van der Waals surface area contributed by atoms with Gasteiger partial charge in [-0.3, -0.25) is 0 Å². The highest BCUT2D eigenvalue weighted by Gasteiger charge is 2.42. The van der Waals surface area contributed by atoms with Crippen molar-refractivity contribution in [3.05, 3.63) is 135 Å². The predicted octanol–water partition coefficient (Wildman–Crippen LogP) is 11.8. The van der Waals surface area contributed by atoms with E-state index in [2.05, 4.69) is 16.6 Å². The fraction of sp³-hybridized carbons (Fsp3) is 0.231. The lowest BCUT2D eigenvalue weighted by molar-refractivity contribution is -0.189. The molecule has 0 fully saturated rings. The highest BCUT2D eigenvalue weighted by molar-refractivity contribution is 5.85. The molecular formula is C39H28F10O. The second-order valence-electron chi connectivity index (χ2n) is 12.7. The van der Waals surface area contributed by atoms with E-state index >= 15 is 22.0 Å². The van der Waals surface area contributed by atoms with Crippen molar-refractivity contribution in [2.45, 2.75) is 58.5 Å². The lowest BCUT2D eigenvalue weighted by Gasteiger charge is -2.24. The third-order valence-corrected chi connectivity index (χ3v) is 7.97. The summed E-state index contributed by atoms with van der Waals surface area (Å²) >= 11 is 0. The molecule has 11 heteroatoms. The van der Waals surface area contributed by atoms with E-state index in [0.717, 1.165) is 31.0 Å². The van der Waals surface area contributed by atoms with E-state index in [1.165, 1.54) is 12.1 Å². The largest absolute Gasteiger partial charge is 0.432 e. The van der Waals surface area contributed by atoms with Gasteiger partial charge in [-0.15, -0.1) is 0 Å². The third-order valence-electron chi connectivity index (χ3n) is 7.97. The van der Waals surface area contributed by atoms with Gasteiger partial charge >= 0.3 is 6.11 Å². The van der Waals surface area contributed by atoms with E-state index in [9.17, 15) is 22.0 Å². The van der Waals surface area contributed by atoms with E-state index in [4.69, 9.17) is 0 Å². The molecular weight excluding hydrogens is 674 g/mol. The normalized spacial score (nSPS) is 11.9. The molecule has 0 unspecified atom stereocenters. The average Bonchev–Trinajstić information content (AvgIpc) is 3.00. The lowest BCUT2D eigenvalue weighted by atomic mass is 9.83. The average molecular weight is 703 g/mol. The van der Waals surface area contributed by atoms with Crippen LogP contribution in [0.15, 0.2) is 60.7 Å². The second-order valence-corrected chi connectivity index (χ2v) is 12.7. The van der Waals surface area contributed by atoms with Gasteiger partial charge in [0.15, 0.2) is 17.5 Å². The fourth-order valence-electron chi connectivity index (χ4n) is 5.49. The van der Waals surface area contributed by atoms with Crippen LogP contribution in [-0.2, 0) is 17.9 Å². The summed E-state index contributed by atoms with van der Waals surface area (Å²) in [6.45, 7) is 6.71. The molecule has 5 rings (SSSR count). The van der Waals surface area contributed by atoms with Crippen LogP contribution in [0.4, 0.5) is 43.9 Å². The molecule has 260 valence electrons. The van der Waals surface area contributed by atoms with Crippen LogP contribution in [0.25, 0.3) is 21.9 Å². The van der Waals surface area contributed by atoms with Crippen molar-refractivity contribution < 1.29 is 48.6 Å². The van der Waals surface area contributed by atoms with Crippen molar-refractivity contribution in [3.8, 4) is 28.7 Å². The highest BCUT2D eigenvalue weighted by Crippen LogP contribution is 2.40. The molecule has 0 aliphatic heterocycles. The van der Waals surface area contributed by atoms with Gasteiger partial charge in [0.1, 0.15) is 40.4 Å². The Balaban J connectivity index is 1.49. The van der Waals surface area contributed by atoms with Crippen LogP contribution in [0.1, 0.15) is 68.4 Å². The second kappa shape index (κ2) is 13.7. The predicted molar refractivity (Wildman–Crippen MR) is 170 cm³/mol. The molecule has 0 aliphatic rings. The van der Waals surface area contributed by atoms with Gasteiger partial charge in [0.05, 0.1) is 10.9 Å². The van der Waals surface area contributed by atoms with Gasteiger partial charge in [0, 0.05) is 17.2 Å². The summed E-state index contributed by atoms with van der Waals surface area (Å²) in [6, 6.07) is 9.06. The van der Waals surface area contributed by atoms with Gasteiger partial charge in [-0.1, -0.05) is 58.1 Å². The van der Waals surface area contributed by atoms with Crippen LogP contribution < -0.4 is 4.74 Å². The molecule has 0 atom stereocenters. The Hall–Kier alpha value is -4.98. The molecule has 50 heavy (non-hydrogen) atoms. The van der Waals surface area contributed by atoms with E-state index < -0.39 is 74.8 Å². The van der Waals surface area contributed by atoms with Crippen LogP contribution in [0, 0.1) is 58.4 Å². The van der Waals surface area contributed by atoms with Crippen LogP contribution >= 0.6 is 0 Å². The molecule has 0 N–H and O–H groups in total. The molecule has 0 aromatic heterocycles. The number of unbranched alkanes of at least 4 members (excludes halogenated alkanes) is 1. The van der Waals surface area contributed by atoms with Crippen molar-refractivity contribution in [3.63, 3.8) is 0 Å². The zero-order valence-electron chi connectivity index (χ0n) is 27.1. The molecule has 0 saturated carbocycles. The first-order valence-corrected chi connectivity index (χ1v) is 15.4. The Labute approximate surface area is 281 Å². The maximum absolute atomic E-state index is 15.5. The van der Waals surface area contributed by atoms with E-state index in [1.807, 2.05) is 6.92 Å². The quantitative estimate of drug-likeness (QED) is 0.0932. The Morgan fingerprint density at radius 1 is 0.660 bits per heavy atom. The van der Waals surface area contributed by atoms with Crippen molar-refractivity contribution in [2.24, 2.45) is 0 Å². The maximum atomic E-state index is 15.5. The summed E-state index contributed by atoms with van der Waals surface area (Å²) in [7, 11) is 0. The highest BCUT2D eigenvalue weighted by atomic mass is 19.3. The topological polar surface area (TPSA) is 9.23 Å². The smallest absolute Gasteiger partial charge is 0.429 e. The van der Waals surface area contributed by atoms with Crippen molar-refractivity contribution >= 4 is 10.8 Å². The van der Waals surface area contributed by atoms with Gasteiger partial charge in [-0.05, 0) is 82.8 Å². The number of alkyl halides is 2. The summed E-state index contributed by atoms with van der Waals surface area (Å²) in [5, 5.41) is -1.17. The number of hydrogen-bond donors (Lipinski definition) is 0. The van der Waals surface area contributed by atoms with Gasteiger partial charge < -0.3 is 4.74 Å². The first-order valence-electron chi connectivity index (χ1n) is 15.4. The monoisotopic (exact) mass is 702 g/mol. The van der Waals surface area contributed by atoms with Crippen molar-refractivity contribution in [1.29, 1.82) is 0 Å². The fourth-order valence-corrected chi connectivity index (χ4v) is 5.49. The molecule has 0 heterocycles. The number of hydrogen-bond acceptors (Lipinski definition) is 1. The first-order chi connectivity index (χ1) is 23.4. The first kappa shape index (κ1) is 36.3. The molecule has 0 radical (unpaired) electrons. The van der Waals surface area contributed by atoms with Gasteiger partial charge in [0.25, 0.3) is 0 Å². The Morgan fingerprint density at radius 2 is 1.34 bits per heavy atom. The molecule has 0 spiro atoms. The lowest BCUT2D eigenvalue weighted by Crippen LogP contribution is -2.26. The van der Waals surface area contributed by atoms with Crippen molar-refractivity contribution in [2.75, 3.05) is 0 Å². The minimum Gasteiger partial charge on any atom is -0.429 e. The van der Waals surface area contributed by atoms with E-state index in [0.29, 0.717) is 36.2 Å². The summed E-state index contributed by atoms with van der Waals surface area (Å²) < 4.78 is 152. The van der Waals surface area contributed by atoms with Gasteiger partial charge in [-0.25, -0.2) is 35.1 Å². The zero-order valence-corrected chi connectivity index (χ0v) is 27.1. The van der Waals surface area contributed by atoms with Crippen LogP contribution in [0.3, 0.4) is 0 Å². The Kier molecular flexibility index (Phi) is 9.97. The SMILES string of the molecule is CCCCc1ccc(-c2cc(F)c(C(F)(F)Oc3cc(F)c(C#Cc4cc(F)c5c(F)c(F)c(F)cc5c4)c(C(C)(C)C)c3)c(F)c2)c(F)c1. The van der Waals surface area contributed by atoms with Crippen molar-refractivity contribution in [1.82, 2.24) is 0 Å². The molecule has 1 nitrogen and oxygen atoms in total. The number of benzene rings is 5. The zero-order chi connectivity index (χ0) is 36.7. The number of aryl methyl sites for hydroxylation is 1. The summed E-state index contributed by atoms with van der Waals surface area (Å²) in [5.41, 5.74) is -3.14. The van der Waals surface area contributed by atoms with Gasteiger partial charge in [0.2, 0.25) is 0 Å². The Morgan fingerprint density at radius 3 is 1.96 bits per heavy atom. The number of rotatable bonds is 7. The Bertz CT molecular complexity index is 2170. The molecule has 5 aromatic carbocycles. The maximum Gasteiger partial charge on any atom is 0.432 e. The number of ether oxygens (including phenoxy) is 1. The number of fused-ring (bicyclic) bond motifs is 1. The molecule has 0 amide bonds. The van der Waals surface area contributed by atoms with Crippen LogP contribution in [0.2, 0.25) is 0 Å². The van der Waals surface area contributed by atoms with Crippen LogP contribution in [0.5, 0.6) is 5.75 Å². The minimum absolute atomic E-state index is 0.00497. The van der Waals surface area contributed by atoms with Gasteiger partial charge in [-0.2, -0.15) is 8.78 Å². The summed E-state index contributed by atoms with van der Waals surface area (Å²) in [6.07, 6.45) is -2.42. The molecule has 0 aliphatic carbocycles.